The van der Waals surface area contributed by atoms with Gasteiger partial charge in [-0.05, 0) is 24.3 Å². The number of carbonyl (C=O) groups excluding carboxylic acids is 1. The van der Waals surface area contributed by atoms with Gasteiger partial charge in [0.25, 0.3) is 6.33 Å². The molecule has 94 valence electrons. The topological polar surface area (TPSA) is 33.8 Å². The van der Waals surface area contributed by atoms with E-state index in [0.29, 0.717) is 15.6 Å². The van der Waals surface area contributed by atoms with E-state index in [-0.39, 0.29) is 24.7 Å². The highest BCUT2D eigenvalue weighted by Crippen LogP contribution is 2.10. The van der Waals surface area contributed by atoms with Gasteiger partial charge in [0.05, 0.1) is 0 Å². The summed E-state index contributed by atoms with van der Waals surface area (Å²) in [5, 5.41) is 1.11. The van der Waals surface area contributed by atoms with E-state index in [1.165, 1.54) is 6.20 Å². The molecule has 0 spiro atoms. The Balaban J connectivity index is 0.00000162. The summed E-state index contributed by atoms with van der Waals surface area (Å²) in [7, 11) is 0. The summed E-state index contributed by atoms with van der Waals surface area (Å²) in [4.78, 5) is 15.8. The van der Waals surface area contributed by atoms with Crippen LogP contribution in [-0.2, 0) is 6.54 Å². The third kappa shape index (κ3) is 3.95. The minimum atomic E-state index is -0.0178. The highest BCUT2D eigenvalue weighted by molar-refractivity contribution is 6.30. The summed E-state index contributed by atoms with van der Waals surface area (Å²) in [5.74, 6) is -0.0178. The molecule has 0 bridgehead atoms. The maximum Gasteiger partial charge on any atom is 0.286 e. The lowest BCUT2D eigenvalue weighted by atomic mass is 10.1. The Morgan fingerprint density at radius 2 is 1.83 bits per heavy atom. The molecule has 2 aromatic rings. The van der Waals surface area contributed by atoms with E-state index >= 15 is 0 Å². The number of aromatic nitrogens is 2. The average Bonchev–Trinajstić information content (AvgIpc) is 2.29. The molecule has 0 saturated heterocycles. The third-order valence-electron chi connectivity index (χ3n) is 2.19. The molecule has 0 fully saturated rings. The van der Waals surface area contributed by atoms with E-state index in [2.05, 4.69) is 4.98 Å². The first-order valence-electron chi connectivity index (χ1n) is 4.93. The van der Waals surface area contributed by atoms with Crippen LogP contribution in [0, 0.1) is 0 Å². The third-order valence-corrected chi connectivity index (χ3v) is 2.64. The second-order valence-corrected chi connectivity index (χ2v) is 4.38. The SMILES string of the molecule is O=C(C[n+]1cncc(Cl)c1)c1ccc(Cl)cc1.[Cl-]. The van der Waals surface area contributed by atoms with Crippen molar-refractivity contribution < 1.29 is 21.8 Å². The van der Waals surface area contributed by atoms with Crippen molar-refractivity contribution in [2.24, 2.45) is 0 Å². The Morgan fingerprint density at radius 1 is 1.17 bits per heavy atom. The lowest BCUT2D eigenvalue weighted by molar-refractivity contribution is -0.686. The second-order valence-electron chi connectivity index (χ2n) is 3.51. The Hall–Kier alpha value is -1.16. The first-order valence-corrected chi connectivity index (χ1v) is 5.69. The maximum absolute atomic E-state index is 11.9. The van der Waals surface area contributed by atoms with Crippen molar-refractivity contribution in [3.8, 4) is 0 Å². The number of carbonyl (C=O) groups is 1. The van der Waals surface area contributed by atoms with Gasteiger partial charge in [-0.25, -0.2) is 4.57 Å². The number of benzene rings is 1. The molecule has 0 N–H and O–H groups in total. The van der Waals surface area contributed by atoms with Crippen LogP contribution in [0.4, 0.5) is 0 Å². The van der Waals surface area contributed by atoms with Crippen molar-refractivity contribution in [3.63, 3.8) is 0 Å². The van der Waals surface area contributed by atoms with Crippen LogP contribution in [0.5, 0.6) is 0 Å². The quantitative estimate of drug-likeness (QED) is 0.569. The molecular weight excluding hydrogens is 295 g/mol. The summed E-state index contributed by atoms with van der Waals surface area (Å²) < 4.78 is 1.64. The molecule has 0 aliphatic heterocycles. The minimum Gasteiger partial charge on any atom is -1.00 e. The molecule has 2 rings (SSSR count). The molecule has 0 saturated carbocycles. The Bertz CT molecular complexity index is 543. The number of Topliss-reactive ketones (excluding diaryl/α,β-unsaturated/α-hetero) is 1. The molecule has 0 radical (unpaired) electrons. The summed E-state index contributed by atoms with van der Waals surface area (Å²) >= 11 is 11.5. The van der Waals surface area contributed by atoms with Crippen LogP contribution < -0.4 is 17.0 Å². The van der Waals surface area contributed by atoms with Gasteiger partial charge in [-0.2, -0.15) is 0 Å². The van der Waals surface area contributed by atoms with E-state index in [9.17, 15) is 4.79 Å². The van der Waals surface area contributed by atoms with Gasteiger partial charge in [0.2, 0.25) is 5.78 Å². The van der Waals surface area contributed by atoms with Crippen molar-refractivity contribution >= 4 is 29.0 Å². The van der Waals surface area contributed by atoms with E-state index in [1.807, 2.05) is 0 Å². The van der Waals surface area contributed by atoms with Crippen LogP contribution >= 0.6 is 23.2 Å². The highest BCUT2D eigenvalue weighted by atomic mass is 35.5. The van der Waals surface area contributed by atoms with Crippen LogP contribution in [0.25, 0.3) is 0 Å². The number of ketones is 1. The number of hydrogen-bond donors (Lipinski definition) is 0. The second kappa shape index (κ2) is 6.69. The minimum absolute atomic E-state index is 0. The lowest BCUT2D eigenvalue weighted by Gasteiger charge is -2.00. The zero-order valence-electron chi connectivity index (χ0n) is 9.19. The van der Waals surface area contributed by atoms with E-state index < -0.39 is 0 Å². The Labute approximate surface area is 121 Å². The van der Waals surface area contributed by atoms with Crippen LogP contribution in [0.2, 0.25) is 10.0 Å². The zero-order chi connectivity index (χ0) is 12.3. The molecule has 0 aliphatic carbocycles. The number of nitrogens with zero attached hydrogens (tertiary/aromatic N) is 2. The van der Waals surface area contributed by atoms with Gasteiger partial charge < -0.3 is 12.4 Å². The van der Waals surface area contributed by atoms with Crippen LogP contribution in [0.1, 0.15) is 10.4 Å². The summed E-state index contributed by atoms with van der Waals surface area (Å²) in [6, 6.07) is 6.78. The Kier molecular flexibility index (Phi) is 5.54. The van der Waals surface area contributed by atoms with Crippen molar-refractivity contribution in [2.75, 3.05) is 0 Å². The van der Waals surface area contributed by atoms with Gasteiger partial charge in [0, 0.05) is 10.6 Å². The molecule has 0 unspecified atom stereocenters. The molecule has 6 heteroatoms. The number of rotatable bonds is 3. The Morgan fingerprint density at radius 3 is 2.44 bits per heavy atom. The fraction of sp³-hybridized carbons (Fsp3) is 0.0833. The molecule has 0 aliphatic rings. The largest absolute Gasteiger partial charge is 1.00 e. The summed E-state index contributed by atoms with van der Waals surface area (Å²) in [6.07, 6.45) is 4.73. The van der Waals surface area contributed by atoms with Crippen molar-refractivity contribution in [1.82, 2.24) is 4.98 Å². The number of hydrogen-bond acceptors (Lipinski definition) is 2. The molecule has 18 heavy (non-hydrogen) atoms. The van der Waals surface area contributed by atoms with Crippen molar-refractivity contribution in [1.29, 1.82) is 0 Å². The van der Waals surface area contributed by atoms with Crippen molar-refractivity contribution in [2.45, 2.75) is 6.54 Å². The monoisotopic (exact) mass is 302 g/mol. The standard InChI is InChI=1S/C12H9Cl2N2O.ClH/c13-10-3-1-9(2-4-10)12(17)7-16-6-11(14)5-15-8-16;/h1-6,8H,7H2;1H/q+1;/p-1. The molecule has 0 amide bonds. The number of halogens is 3. The van der Waals surface area contributed by atoms with Gasteiger partial charge in [-0.15, -0.1) is 0 Å². The fourth-order valence-corrected chi connectivity index (χ4v) is 1.70. The smallest absolute Gasteiger partial charge is 0.286 e. The van der Waals surface area contributed by atoms with Crippen LogP contribution in [-0.4, -0.2) is 10.8 Å². The predicted octanol–water partition coefficient (Wildman–Crippen LogP) is -0.437. The van der Waals surface area contributed by atoms with E-state index in [4.69, 9.17) is 23.2 Å². The van der Waals surface area contributed by atoms with Crippen LogP contribution in [0.3, 0.4) is 0 Å². The first-order chi connectivity index (χ1) is 8.15. The molecule has 1 aromatic carbocycles. The van der Waals surface area contributed by atoms with Crippen molar-refractivity contribution in [3.05, 3.63) is 58.6 Å². The lowest BCUT2D eigenvalue weighted by Crippen LogP contribution is -3.00. The van der Waals surface area contributed by atoms with E-state index in [1.54, 1.807) is 41.4 Å². The average molecular weight is 304 g/mol. The van der Waals surface area contributed by atoms with Gasteiger partial charge in [-0.1, -0.05) is 28.2 Å². The van der Waals surface area contributed by atoms with Gasteiger partial charge in [-0.3, -0.25) is 4.79 Å². The van der Waals surface area contributed by atoms with Gasteiger partial charge >= 0.3 is 0 Å². The van der Waals surface area contributed by atoms with Crippen LogP contribution in [0.15, 0.2) is 43.0 Å². The summed E-state index contributed by atoms with van der Waals surface area (Å²) in [6.45, 7) is 0.204. The normalized spacial score (nSPS) is 9.67. The molecule has 1 aromatic heterocycles. The van der Waals surface area contributed by atoms with Gasteiger partial charge in [0.1, 0.15) is 11.2 Å². The molecule has 1 heterocycles. The fourth-order valence-electron chi connectivity index (χ4n) is 1.39. The maximum atomic E-state index is 11.9. The van der Waals surface area contributed by atoms with Gasteiger partial charge in [0.15, 0.2) is 12.7 Å². The first kappa shape index (κ1) is 14.9. The molecular formula is C12H9Cl3N2O. The zero-order valence-corrected chi connectivity index (χ0v) is 11.5. The highest BCUT2D eigenvalue weighted by Gasteiger charge is 2.10. The summed E-state index contributed by atoms with van der Waals surface area (Å²) in [5.41, 5.74) is 0.613. The van der Waals surface area contributed by atoms with E-state index in [0.717, 1.165) is 0 Å². The molecule has 3 nitrogen and oxygen atoms in total. The predicted molar refractivity (Wildman–Crippen MR) is 65.2 cm³/mol. The molecule has 0 atom stereocenters.